The molecular weight excluding hydrogens is 258 g/mol. The highest BCUT2D eigenvalue weighted by atomic mass is 35.5. The van der Waals surface area contributed by atoms with Crippen molar-refractivity contribution >= 4 is 29.2 Å². The van der Waals surface area contributed by atoms with Crippen LogP contribution in [0.3, 0.4) is 0 Å². The Kier molecular flexibility index (Phi) is 2.95. The highest BCUT2D eigenvalue weighted by Gasteiger charge is 2.25. The molecule has 0 spiro atoms. The molecule has 0 bridgehead atoms. The predicted molar refractivity (Wildman–Crippen MR) is 66.9 cm³/mol. The number of hydrogen-bond donors (Lipinski definition) is 2. The Bertz CT molecular complexity index is 595. The lowest BCUT2D eigenvalue weighted by molar-refractivity contribution is -0.833. The van der Waals surface area contributed by atoms with Crippen molar-refractivity contribution < 1.29 is 9.26 Å². The normalized spacial score (nSPS) is 10.7. The van der Waals surface area contributed by atoms with E-state index in [-0.39, 0.29) is 28.4 Å². The number of hydrogen-bond acceptors (Lipinski definition) is 7. The summed E-state index contributed by atoms with van der Waals surface area (Å²) in [4.78, 5) is 13.9. The second-order valence-corrected chi connectivity index (χ2v) is 4.19. The number of nitrogen functional groups attached to an aromatic ring is 2. The van der Waals surface area contributed by atoms with Gasteiger partial charge in [-0.2, -0.15) is 0 Å². The number of aryl methyl sites for hydroxylation is 1. The minimum atomic E-state index is 0.0615. The summed E-state index contributed by atoms with van der Waals surface area (Å²) in [6.45, 7) is 0. The zero-order valence-electron chi connectivity index (χ0n) is 10.2. The zero-order chi connectivity index (χ0) is 13.4. The van der Waals surface area contributed by atoms with Crippen LogP contribution in [-0.4, -0.2) is 29.0 Å². The molecule has 2 aromatic heterocycles. The van der Waals surface area contributed by atoms with Crippen LogP contribution in [0.25, 0.3) is 11.6 Å². The van der Waals surface area contributed by atoms with Gasteiger partial charge in [-0.05, 0) is 4.98 Å². The summed E-state index contributed by atoms with van der Waals surface area (Å²) >= 11 is 5.80. The maximum atomic E-state index is 5.80. The van der Waals surface area contributed by atoms with E-state index in [0.717, 1.165) is 0 Å². The molecule has 0 aromatic carbocycles. The molecule has 0 fully saturated rings. The molecule has 2 aromatic rings. The fraction of sp³-hybridized carbons (Fsp3) is 0.333. The quantitative estimate of drug-likeness (QED) is 0.729. The standard InChI is InChI=1S/C9H12ClN7O/c1-16(2)9-15-8(18-17(9)3)4-6(11)14-7(12)5(10)13-4/h1-3H3,(H3,11,12,14)/p+1. The smallest absolute Gasteiger partial charge is 0.382 e. The van der Waals surface area contributed by atoms with Crippen LogP contribution >= 0.6 is 11.6 Å². The monoisotopic (exact) mass is 270 g/mol. The number of halogens is 1. The summed E-state index contributed by atoms with van der Waals surface area (Å²) in [7, 11) is 5.40. The molecule has 0 amide bonds. The molecule has 18 heavy (non-hydrogen) atoms. The zero-order valence-corrected chi connectivity index (χ0v) is 10.9. The first-order chi connectivity index (χ1) is 8.40. The van der Waals surface area contributed by atoms with Crippen LogP contribution < -0.4 is 21.1 Å². The van der Waals surface area contributed by atoms with Crippen LogP contribution in [0, 0.1) is 0 Å². The average Bonchev–Trinajstić information content (AvgIpc) is 2.65. The first-order valence-corrected chi connectivity index (χ1v) is 5.41. The van der Waals surface area contributed by atoms with Crippen molar-refractivity contribution in [1.29, 1.82) is 0 Å². The summed E-state index contributed by atoms with van der Waals surface area (Å²) in [5.41, 5.74) is 11.5. The molecule has 0 aliphatic rings. The molecule has 9 heteroatoms. The van der Waals surface area contributed by atoms with E-state index in [2.05, 4.69) is 15.0 Å². The Hall–Kier alpha value is -2.09. The molecule has 2 heterocycles. The second-order valence-electron chi connectivity index (χ2n) is 3.83. The lowest BCUT2D eigenvalue weighted by Gasteiger charge is -2.00. The van der Waals surface area contributed by atoms with Gasteiger partial charge in [-0.3, -0.25) is 9.42 Å². The maximum Gasteiger partial charge on any atom is 0.429 e. The molecule has 4 N–H and O–H groups in total. The van der Waals surface area contributed by atoms with Gasteiger partial charge in [0, 0.05) is 0 Å². The fourth-order valence-electron chi connectivity index (χ4n) is 1.43. The van der Waals surface area contributed by atoms with E-state index in [0.29, 0.717) is 5.95 Å². The Labute approximate surface area is 108 Å². The SMILES string of the molecule is CN(C)c1nc(-c2nc(Cl)c(N)nc2N)o[n+]1C. The van der Waals surface area contributed by atoms with E-state index in [9.17, 15) is 0 Å². The number of nitrogens with zero attached hydrogens (tertiary/aromatic N) is 5. The molecule has 0 aliphatic carbocycles. The van der Waals surface area contributed by atoms with Crippen molar-refractivity contribution in [3.63, 3.8) is 0 Å². The third-order valence-electron chi connectivity index (χ3n) is 2.21. The van der Waals surface area contributed by atoms with Gasteiger partial charge in [-0.1, -0.05) is 16.3 Å². The third kappa shape index (κ3) is 2.02. The molecule has 0 saturated heterocycles. The summed E-state index contributed by atoms with van der Waals surface area (Å²) in [6, 6.07) is 0. The van der Waals surface area contributed by atoms with Gasteiger partial charge in [-0.25, -0.2) is 9.97 Å². The van der Waals surface area contributed by atoms with Crippen molar-refractivity contribution in [2.45, 2.75) is 0 Å². The van der Waals surface area contributed by atoms with Crippen molar-refractivity contribution in [3.8, 4) is 11.6 Å². The molecule has 96 valence electrons. The first kappa shape index (κ1) is 12.4. The molecule has 2 rings (SSSR count). The van der Waals surface area contributed by atoms with Crippen LogP contribution in [0.2, 0.25) is 5.15 Å². The Morgan fingerprint density at radius 2 is 1.83 bits per heavy atom. The lowest BCUT2D eigenvalue weighted by atomic mass is 10.4. The van der Waals surface area contributed by atoms with Crippen molar-refractivity contribution in [2.24, 2.45) is 7.05 Å². The van der Waals surface area contributed by atoms with E-state index in [4.69, 9.17) is 27.6 Å². The van der Waals surface area contributed by atoms with E-state index < -0.39 is 0 Å². The number of anilines is 3. The van der Waals surface area contributed by atoms with Crippen molar-refractivity contribution in [3.05, 3.63) is 5.15 Å². The van der Waals surface area contributed by atoms with E-state index >= 15 is 0 Å². The number of nitrogens with two attached hydrogens (primary N) is 2. The van der Waals surface area contributed by atoms with E-state index in [1.54, 1.807) is 11.9 Å². The molecule has 0 atom stereocenters. The van der Waals surface area contributed by atoms with Gasteiger partial charge >= 0.3 is 11.8 Å². The topological polar surface area (TPSA) is 111 Å². The Balaban J connectivity index is 2.55. The molecule has 0 saturated carbocycles. The summed E-state index contributed by atoms with van der Waals surface area (Å²) in [5, 5.41) is 0.0615. The van der Waals surface area contributed by atoms with Gasteiger partial charge in [0.15, 0.2) is 22.5 Å². The first-order valence-electron chi connectivity index (χ1n) is 5.03. The highest BCUT2D eigenvalue weighted by Crippen LogP contribution is 2.25. The van der Waals surface area contributed by atoms with E-state index in [1.807, 2.05) is 14.1 Å². The van der Waals surface area contributed by atoms with Crippen LogP contribution in [-0.2, 0) is 7.05 Å². The van der Waals surface area contributed by atoms with Crippen molar-refractivity contribution in [1.82, 2.24) is 15.0 Å². The summed E-state index contributed by atoms with van der Waals surface area (Å²) in [6.07, 6.45) is 0. The predicted octanol–water partition coefficient (Wildman–Crippen LogP) is -0.160. The molecule has 8 nitrogen and oxygen atoms in total. The highest BCUT2D eigenvalue weighted by molar-refractivity contribution is 6.31. The van der Waals surface area contributed by atoms with Crippen LogP contribution in [0.4, 0.5) is 17.6 Å². The van der Waals surface area contributed by atoms with Crippen molar-refractivity contribution in [2.75, 3.05) is 30.5 Å². The molecule has 0 aliphatic heterocycles. The minimum absolute atomic E-state index is 0.0615. The van der Waals surface area contributed by atoms with Gasteiger partial charge in [-0.15, -0.1) is 0 Å². The van der Waals surface area contributed by atoms with Gasteiger partial charge in [0.1, 0.15) is 0 Å². The van der Waals surface area contributed by atoms with Crippen LogP contribution in [0.15, 0.2) is 4.52 Å². The Morgan fingerprint density at radius 1 is 1.17 bits per heavy atom. The maximum absolute atomic E-state index is 5.80. The van der Waals surface area contributed by atoms with Gasteiger partial charge < -0.3 is 11.5 Å². The average molecular weight is 271 g/mol. The molecular formula is C9H13ClN7O+. The van der Waals surface area contributed by atoms with Crippen LogP contribution in [0.1, 0.15) is 0 Å². The molecule has 0 unspecified atom stereocenters. The van der Waals surface area contributed by atoms with Gasteiger partial charge in [0.25, 0.3) is 0 Å². The number of rotatable bonds is 2. The fourth-order valence-corrected chi connectivity index (χ4v) is 1.56. The van der Waals surface area contributed by atoms with Crippen LogP contribution in [0.5, 0.6) is 0 Å². The van der Waals surface area contributed by atoms with E-state index in [1.165, 1.54) is 4.74 Å². The molecule has 0 radical (unpaired) electrons. The third-order valence-corrected chi connectivity index (χ3v) is 2.49. The summed E-state index contributed by atoms with van der Waals surface area (Å²) < 4.78 is 6.91. The lowest BCUT2D eigenvalue weighted by Crippen LogP contribution is -2.33. The minimum Gasteiger partial charge on any atom is -0.382 e. The number of aromatic nitrogens is 4. The summed E-state index contributed by atoms with van der Waals surface area (Å²) in [5.74, 6) is 1.03. The Morgan fingerprint density at radius 3 is 2.39 bits per heavy atom. The van der Waals surface area contributed by atoms with Gasteiger partial charge in [0.2, 0.25) is 0 Å². The second kappa shape index (κ2) is 4.30. The largest absolute Gasteiger partial charge is 0.429 e. The van der Waals surface area contributed by atoms with Gasteiger partial charge in [0.05, 0.1) is 21.1 Å².